The van der Waals surface area contributed by atoms with E-state index in [2.05, 4.69) is 5.32 Å². The van der Waals surface area contributed by atoms with Gasteiger partial charge in [-0.1, -0.05) is 19.3 Å². The van der Waals surface area contributed by atoms with Gasteiger partial charge < -0.3 is 5.32 Å². The van der Waals surface area contributed by atoms with E-state index in [0.29, 0.717) is 12.8 Å². The Bertz CT molecular complexity index is 618. The molecular weight excluding hydrogens is 277 g/mol. The van der Waals surface area contributed by atoms with E-state index in [0.717, 1.165) is 37.5 Å². The van der Waals surface area contributed by atoms with E-state index in [-0.39, 0.29) is 5.69 Å². The Hall–Kier alpha value is -2.49. The van der Waals surface area contributed by atoms with Crippen LogP contribution in [0.15, 0.2) is 18.2 Å². The SMILES string of the molecule is N#CC1(C(=O)Nc2ccc([N+](=O)[O-])cc2F)CCCCC1. The lowest BCUT2D eigenvalue weighted by atomic mass is 9.74. The highest BCUT2D eigenvalue weighted by atomic mass is 19.1. The lowest BCUT2D eigenvalue weighted by Crippen LogP contribution is -2.37. The predicted octanol–water partition coefficient (Wildman–Crippen LogP) is 3.15. The molecule has 0 spiro atoms. The summed E-state index contributed by atoms with van der Waals surface area (Å²) in [6, 6.07) is 5.04. The molecule has 1 aliphatic rings. The van der Waals surface area contributed by atoms with E-state index >= 15 is 0 Å². The van der Waals surface area contributed by atoms with Crippen molar-refractivity contribution in [3.05, 3.63) is 34.1 Å². The average molecular weight is 291 g/mol. The molecule has 1 aliphatic carbocycles. The van der Waals surface area contributed by atoms with Crippen LogP contribution in [0.1, 0.15) is 32.1 Å². The maximum atomic E-state index is 13.8. The normalized spacial score (nSPS) is 16.8. The number of benzene rings is 1. The van der Waals surface area contributed by atoms with Crippen molar-refractivity contribution < 1.29 is 14.1 Å². The van der Waals surface area contributed by atoms with Gasteiger partial charge in [0.25, 0.3) is 5.69 Å². The van der Waals surface area contributed by atoms with Crippen LogP contribution in [0.3, 0.4) is 0 Å². The minimum atomic E-state index is -1.13. The van der Waals surface area contributed by atoms with E-state index in [1.807, 2.05) is 6.07 Å². The summed E-state index contributed by atoms with van der Waals surface area (Å²) < 4.78 is 13.8. The number of carbonyl (C=O) groups excluding carboxylic acids is 1. The Kier molecular flexibility index (Phi) is 4.17. The van der Waals surface area contributed by atoms with Crippen molar-refractivity contribution in [2.75, 3.05) is 5.32 Å². The number of nitriles is 1. The summed E-state index contributed by atoms with van der Waals surface area (Å²) in [6.45, 7) is 0. The van der Waals surface area contributed by atoms with E-state index in [1.54, 1.807) is 0 Å². The molecule has 1 aromatic carbocycles. The smallest absolute Gasteiger partial charge is 0.272 e. The molecule has 1 amide bonds. The zero-order valence-corrected chi connectivity index (χ0v) is 11.3. The van der Waals surface area contributed by atoms with Crippen LogP contribution in [-0.2, 0) is 4.79 Å². The Balaban J connectivity index is 2.19. The number of hydrogen-bond donors (Lipinski definition) is 1. The molecule has 2 rings (SSSR count). The van der Waals surface area contributed by atoms with E-state index in [9.17, 15) is 24.6 Å². The van der Waals surface area contributed by atoms with Gasteiger partial charge >= 0.3 is 0 Å². The van der Waals surface area contributed by atoms with Gasteiger partial charge in [-0.15, -0.1) is 0 Å². The van der Waals surface area contributed by atoms with Gasteiger partial charge in [0.2, 0.25) is 5.91 Å². The Morgan fingerprint density at radius 3 is 2.57 bits per heavy atom. The molecule has 0 bridgehead atoms. The van der Waals surface area contributed by atoms with Crippen LogP contribution in [-0.4, -0.2) is 10.8 Å². The second-order valence-corrected chi connectivity index (χ2v) is 5.13. The molecule has 0 radical (unpaired) electrons. The van der Waals surface area contributed by atoms with Gasteiger partial charge in [-0.2, -0.15) is 5.26 Å². The van der Waals surface area contributed by atoms with Gasteiger partial charge in [0, 0.05) is 6.07 Å². The summed E-state index contributed by atoms with van der Waals surface area (Å²) in [4.78, 5) is 22.1. The first-order valence-corrected chi connectivity index (χ1v) is 6.65. The number of rotatable bonds is 3. The highest BCUT2D eigenvalue weighted by Gasteiger charge is 2.40. The first kappa shape index (κ1) is 14.9. The number of nitrogens with zero attached hydrogens (tertiary/aromatic N) is 2. The van der Waals surface area contributed by atoms with Crippen LogP contribution < -0.4 is 5.32 Å². The summed E-state index contributed by atoms with van der Waals surface area (Å²) in [5, 5.41) is 22.2. The van der Waals surface area contributed by atoms with Crippen LogP contribution in [0.2, 0.25) is 0 Å². The van der Waals surface area contributed by atoms with Crippen molar-refractivity contribution in [3.63, 3.8) is 0 Å². The third kappa shape index (κ3) is 2.99. The zero-order chi connectivity index (χ0) is 15.5. The molecule has 7 heteroatoms. The first-order chi connectivity index (χ1) is 9.98. The first-order valence-electron chi connectivity index (χ1n) is 6.65. The van der Waals surface area contributed by atoms with E-state index in [4.69, 9.17) is 0 Å². The lowest BCUT2D eigenvalue weighted by Gasteiger charge is -2.29. The van der Waals surface area contributed by atoms with Crippen LogP contribution >= 0.6 is 0 Å². The van der Waals surface area contributed by atoms with E-state index in [1.165, 1.54) is 0 Å². The van der Waals surface area contributed by atoms with Crippen molar-refractivity contribution in [3.8, 4) is 6.07 Å². The Morgan fingerprint density at radius 1 is 1.38 bits per heavy atom. The minimum absolute atomic E-state index is 0.147. The fraction of sp³-hybridized carbons (Fsp3) is 0.429. The second kappa shape index (κ2) is 5.87. The molecular formula is C14H14FN3O3. The number of non-ortho nitro benzene ring substituents is 1. The van der Waals surface area contributed by atoms with Crippen LogP contribution in [0.5, 0.6) is 0 Å². The molecule has 1 fully saturated rings. The third-order valence-electron chi connectivity index (χ3n) is 3.77. The average Bonchev–Trinajstić information content (AvgIpc) is 2.49. The Morgan fingerprint density at radius 2 is 2.05 bits per heavy atom. The topological polar surface area (TPSA) is 96.0 Å². The molecule has 110 valence electrons. The zero-order valence-electron chi connectivity index (χ0n) is 11.3. The minimum Gasteiger partial charge on any atom is -0.322 e. The maximum absolute atomic E-state index is 13.8. The highest BCUT2D eigenvalue weighted by molar-refractivity contribution is 5.97. The van der Waals surface area contributed by atoms with E-state index < -0.39 is 27.8 Å². The van der Waals surface area contributed by atoms with Crippen LogP contribution in [0.4, 0.5) is 15.8 Å². The van der Waals surface area contributed by atoms with Gasteiger partial charge in [-0.3, -0.25) is 14.9 Å². The fourth-order valence-electron chi connectivity index (χ4n) is 2.51. The molecule has 0 aromatic heterocycles. The number of hydrogen-bond acceptors (Lipinski definition) is 4. The third-order valence-corrected chi connectivity index (χ3v) is 3.77. The largest absolute Gasteiger partial charge is 0.322 e. The summed E-state index contributed by atoms with van der Waals surface area (Å²) >= 11 is 0. The van der Waals surface area contributed by atoms with Gasteiger partial charge in [0.05, 0.1) is 22.7 Å². The number of nitro benzene ring substituents is 1. The summed E-state index contributed by atoms with van der Waals surface area (Å²) in [5.74, 6) is -1.43. The van der Waals surface area contributed by atoms with Crippen molar-refractivity contribution in [2.24, 2.45) is 5.41 Å². The monoisotopic (exact) mass is 291 g/mol. The lowest BCUT2D eigenvalue weighted by molar-refractivity contribution is -0.385. The maximum Gasteiger partial charge on any atom is 0.272 e. The molecule has 0 heterocycles. The number of halogens is 1. The van der Waals surface area contributed by atoms with Gasteiger partial charge in [0.15, 0.2) is 5.82 Å². The summed E-state index contributed by atoms with van der Waals surface area (Å²) in [6.07, 6.45) is 3.43. The quantitative estimate of drug-likeness (QED) is 0.683. The van der Waals surface area contributed by atoms with Crippen molar-refractivity contribution in [2.45, 2.75) is 32.1 Å². The fourth-order valence-corrected chi connectivity index (χ4v) is 2.51. The molecule has 21 heavy (non-hydrogen) atoms. The number of nitro groups is 1. The molecule has 1 aromatic rings. The van der Waals surface area contributed by atoms with Crippen molar-refractivity contribution >= 4 is 17.3 Å². The van der Waals surface area contributed by atoms with Gasteiger partial charge in [-0.05, 0) is 18.9 Å². The molecule has 0 saturated heterocycles. The van der Waals surface area contributed by atoms with Gasteiger partial charge in [-0.25, -0.2) is 4.39 Å². The number of amides is 1. The standard InChI is InChI=1S/C14H14FN3O3/c15-11-8-10(18(20)21)4-5-12(11)17-13(19)14(9-16)6-2-1-3-7-14/h4-5,8H,1-3,6-7H2,(H,17,19). The summed E-state index contributed by atoms with van der Waals surface area (Å²) in [7, 11) is 0. The highest BCUT2D eigenvalue weighted by Crippen LogP contribution is 2.37. The van der Waals surface area contributed by atoms with Crippen molar-refractivity contribution in [1.29, 1.82) is 5.26 Å². The predicted molar refractivity (Wildman–Crippen MR) is 72.8 cm³/mol. The molecule has 1 saturated carbocycles. The molecule has 0 aliphatic heterocycles. The molecule has 6 nitrogen and oxygen atoms in total. The van der Waals surface area contributed by atoms with Gasteiger partial charge in [0.1, 0.15) is 5.41 Å². The molecule has 1 N–H and O–H groups in total. The Labute approximate surface area is 120 Å². The number of nitrogens with one attached hydrogen (secondary N) is 1. The molecule has 0 unspecified atom stereocenters. The van der Waals surface area contributed by atoms with Crippen molar-refractivity contribution in [1.82, 2.24) is 0 Å². The molecule has 0 atom stereocenters. The second-order valence-electron chi connectivity index (χ2n) is 5.13. The number of anilines is 1. The summed E-state index contributed by atoms with van der Waals surface area (Å²) in [5.41, 5.74) is -1.67. The van der Waals surface area contributed by atoms with Crippen LogP contribution in [0, 0.1) is 32.7 Å². The number of carbonyl (C=O) groups is 1. The van der Waals surface area contributed by atoms with Crippen LogP contribution in [0.25, 0.3) is 0 Å².